The molecule has 0 aliphatic heterocycles. The van der Waals surface area contributed by atoms with Crippen LogP contribution >= 0.6 is 15.9 Å². The summed E-state index contributed by atoms with van der Waals surface area (Å²) in [4.78, 5) is 8.85. The van der Waals surface area contributed by atoms with E-state index in [0.717, 1.165) is 34.3 Å². The van der Waals surface area contributed by atoms with E-state index in [1.54, 1.807) is 0 Å². The highest BCUT2D eigenvalue weighted by Crippen LogP contribution is 2.39. The van der Waals surface area contributed by atoms with Crippen molar-refractivity contribution in [3.63, 3.8) is 0 Å². The fourth-order valence-electron chi connectivity index (χ4n) is 1.97. The van der Waals surface area contributed by atoms with Gasteiger partial charge in [0.2, 0.25) is 5.88 Å². The van der Waals surface area contributed by atoms with Gasteiger partial charge in [-0.05, 0) is 37.5 Å². The molecule has 0 spiro atoms. The number of hydrogen-bond acceptors (Lipinski definition) is 4. The Morgan fingerprint density at radius 1 is 1.35 bits per heavy atom. The Labute approximate surface area is 126 Å². The van der Waals surface area contributed by atoms with Crippen LogP contribution in [0.25, 0.3) is 0 Å². The first-order chi connectivity index (χ1) is 9.63. The van der Waals surface area contributed by atoms with Crippen LogP contribution in [0.3, 0.4) is 0 Å². The Morgan fingerprint density at radius 2 is 2.15 bits per heavy atom. The van der Waals surface area contributed by atoms with Crippen molar-refractivity contribution in [2.24, 2.45) is 0 Å². The number of ether oxygens (including phenoxy) is 1. The molecule has 0 unspecified atom stereocenters. The number of aromatic nitrogens is 2. The molecule has 1 fully saturated rings. The maximum absolute atomic E-state index is 5.94. The van der Waals surface area contributed by atoms with Gasteiger partial charge in [-0.2, -0.15) is 4.98 Å². The highest BCUT2D eigenvalue weighted by atomic mass is 79.9. The summed E-state index contributed by atoms with van der Waals surface area (Å²) < 4.78 is 6.86. The van der Waals surface area contributed by atoms with E-state index >= 15 is 0 Å². The first kappa shape index (κ1) is 13.4. The third kappa shape index (κ3) is 2.93. The van der Waals surface area contributed by atoms with Crippen molar-refractivity contribution < 1.29 is 4.74 Å². The molecule has 0 radical (unpaired) electrons. The van der Waals surface area contributed by atoms with Crippen LogP contribution in [0.1, 0.15) is 35.7 Å². The molecule has 1 aromatic carbocycles. The van der Waals surface area contributed by atoms with E-state index in [4.69, 9.17) is 10.5 Å². The summed E-state index contributed by atoms with van der Waals surface area (Å²) in [6.45, 7) is 2.36. The summed E-state index contributed by atoms with van der Waals surface area (Å²) in [5, 5.41) is 0. The van der Waals surface area contributed by atoms with Gasteiger partial charge in [0.05, 0.1) is 5.56 Å². The van der Waals surface area contributed by atoms with Gasteiger partial charge in [0.25, 0.3) is 0 Å². The van der Waals surface area contributed by atoms with Crippen LogP contribution in [-0.2, 0) is 6.61 Å². The lowest BCUT2D eigenvalue weighted by atomic mass is 10.2. The lowest BCUT2D eigenvalue weighted by Crippen LogP contribution is -2.06. The largest absolute Gasteiger partial charge is 0.472 e. The Kier molecular flexibility index (Phi) is 3.61. The number of nitrogens with two attached hydrogens (primary N) is 1. The summed E-state index contributed by atoms with van der Waals surface area (Å²) in [7, 11) is 0. The van der Waals surface area contributed by atoms with Crippen LogP contribution in [0.5, 0.6) is 5.88 Å². The van der Waals surface area contributed by atoms with E-state index in [0.29, 0.717) is 24.2 Å². The lowest BCUT2D eigenvalue weighted by molar-refractivity contribution is 0.290. The fraction of sp³-hybridized carbons (Fsp3) is 0.333. The van der Waals surface area contributed by atoms with Crippen LogP contribution in [0.15, 0.2) is 28.7 Å². The summed E-state index contributed by atoms with van der Waals surface area (Å²) in [5.74, 6) is 2.40. The monoisotopic (exact) mass is 333 g/mol. The maximum Gasteiger partial charge on any atom is 0.222 e. The third-order valence-corrected chi connectivity index (χ3v) is 3.86. The molecule has 2 aromatic rings. The molecule has 104 valence electrons. The standard InChI is InChI=1S/C15H16BrN3O/c1-9-13(17)18-14(11-5-6-11)19-15(9)20-8-10-3-2-4-12(16)7-10/h2-4,7,11H,5-6,8H2,1H3,(H2,17,18,19). The van der Waals surface area contributed by atoms with Gasteiger partial charge in [-0.1, -0.05) is 28.1 Å². The number of nitrogen functional groups attached to an aromatic ring is 1. The van der Waals surface area contributed by atoms with Crippen molar-refractivity contribution in [1.29, 1.82) is 0 Å². The van der Waals surface area contributed by atoms with Crippen molar-refractivity contribution in [2.75, 3.05) is 5.73 Å². The summed E-state index contributed by atoms with van der Waals surface area (Å²) in [5.41, 5.74) is 7.84. The van der Waals surface area contributed by atoms with Crippen molar-refractivity contribution in [2.45, 2.75) is 32.3 Å². The first-order valence-corrected chi connectivity index (χ1v) is 7.44. The average Bonchev–Trinajstić information content (AvgIpc) is 3.25. The number of benzene rings is 1. The molecule has 0 saturated heterocycles. The van der Waals surface area contributed by atoms with E-state index in [1.165, 1.54) is 0 Å². The van der Waals surface area contributed by atoms with Gasteiger partial charge in [0.15, 0.2) is 0 Å². The lowest BCUT2D eigenvalue weighted by Gasteiger charge is -2.11. The van der Waals surface area contributed by atoms with Gasteiger partial charge in [0, 0.05) is 10.4 Å². The molecule has 0 bridgehead atoms. The average molecular weight is 334 g/mol. The molecule has 0 amide bonds. The maximum atomic E-state index is 5.94. The fourth-order valence-corrected chi connectivity index (χ4v) is 2.42. The van der Waals surface area contributed by atoms with Gasteiger partial charge >= 0.3 is 0 Å². The summed E-state index contributed by atoms with van der Waals surface area (Å²) >= 11 is 3.45. The molecular formula is C15H16BrN3O. The first-order valence-electron chi connectivity index (χ1n) is 6.64. The minimum absolute atomic E-state index is 0.464. The molecule has 5 heteroatoms. The SMILES string of the molecule is Cc1c(N)nc(C2CC2)nc1OCc1cccc(Br)c1. The second kappa shape index (κ2) is 5.40. The minimum Gasteiger partial charge on any atom is -0.472 e. The number of anilines is 1. The van der Waals surface area contributed by atoms with E-state index in [1.807, 2.05) is 31.2 Å². The number of nitrogens with zero attached hydrogens (tertiary/aromatic N) is 2. The normalized spacial score (nSPS) is 14.3. The van der Waals surface area contributed by atoms with Gasteiger partial charge in [0.1, 0.15) is 18.2 Å². The highest BCUT2D eigenvalue weighted by molar-refractivity contribution is 9.10. The molecule has 20 heavy (non-hydrogen) atoms. The molecule has 1 heterocycles. The van der Waals surface area contributed by atoms with Crippen LogP contribution < -0.4 is 10.5 Å². The van der Waals surface area contributed by atoms with Crippen molar-refractivity contribution in [3.8, 4) is 5.88 Å². The number of halogens is 1. The molecule has 0 atom stereocenters. The van der Waals surface area contributed by atoms with Gasteiger partial charge in [-0.15, -0.1) is 0 Å². The molecule has 1 aliphatic rings. The van der Waals surface area contributed by atoms with E-state index in [9.17, 15) is 0 Å². The topological polar surface area (TPSA) is 61.0 Å². The number of hydrogen-bond donors (Lipinski definition) is 1. The van der Waals surface area contributed by atoms with Crippen molar-refractivity contribution in [1.82, 2.24) is 9.97 Å². The highest BCUT2D eigenvalue weighted by Gasteiger charge is 2.28. The van der Waals surface area contributed by atoms with Gasteiger partial charge in [-0.3, -0.25) is 0 Å². The predicted octanol–water partition coefficient (Wildman–Crippen LogP) is 3.59. The van der Waals surface area contributed by atoms with Crippen molar-refractivity contribution in [3.05, 3.63) is 45.7 Å². The molecule has 3 rings (SSSR count). The van der Waals surface area contributed by atoms with Crippen LogP contribution in [0.4, 0.5) is 5.82 Å². The second-order valence-electron chi connectivity index (χ2n) is 5.09. The predicted molar refractivity (Wildman–Crippen MR) is 81.6 cm³/mol. The number of rotatable bonds is 4. The Hall–Kier alpha value is -1.62. The molecule has 2 N–H and O–H groups in total. The quantitative estimate of drug-likeness (QED) is 0.928. The van der Waals surface area contributed by atoms with Crippen molar-refractivity contribution >= 4 is 21.7 Å². The zero-order chi connectivity index (χ0) is 14.1. The Morgan fingerprint density at radius 3 is 2.85 bits per heavy atom. The Bertz CT molecular complexity index is 641. The van der Waals surface area contributed by atoms with E-state index in [-0.39, 0.29) is 0 Å². The van der Waals surface area contributed by atoms with E-state index < -0.39 is 0 Å². The molecule has 1 saturated carbocycles. The zero-order valence-corrected chi connectivity index (χ0v) is 12.9. The summed E-state index contributed by atoms with van der Waals surface area (Å²) in [6.07, 6.45) is 2.29. The van der Waals surface area contributed by atoms with Crippen LogP contribution in [0, 0.1) is 6.92 Å². The van der Waals surface area contributed by atoms with Gasteiger partial charge in [-0.25, -0.2) is 4.98 Å². The van der Waals surface area contributed by atoms with Crippen LogP contribution in [-0.4, -0.2) is 9.97 Å². The minimum atomic E-state index is 0.464. The Balaban J connectivity index is 1.79. The molecule has 4 nitrogen and oxygen atoms in total. The smallest absolute Gasteiger partial charge is 0.222 e. The molecule has 1 aromatic heterocycles. The summed E-state index contributed by atoms with van der Waals surface area (Å²) in [6, 6.07) is 8.02. The van der Waals surface area contributed by atoms with Crippen LogP contribution in [0.2, 0.25) is 0 Å². The molecular weight excluding hydrogens is 318 g/mol. The van der Waals surface area contributed by atoms with E-state index in [2.05, 4.69) is 25.9 Å². The molecule has 1 aliphatic carbocycles. The third-order valence-electron chi connectivity index (χ3n) is 3.36. The zero-order valence-electron chi connectivity index (χ0n) is 11.3. The van der Waals surface area contributed by atoms with Gasteiger partial charge < -0.3 is 10.5 Å². The second-order valence-corrected chi connectivity index (χ2v) is 6.01.